The van der Waals surface area contributed by atoms with Gasteiger partial charge in [-0.15, -0.1) is 0 Å². The normalized spacial score (nSPS) is 11.8. The molecule has 5 nitrogen and oxygen atoms in total. The van der Waals surface area contributed by atoms with Crippen molar-refractivity contribution in [3.8, 4) is 0 Å². The van der Waals surface area contributed by atoms with Gasteiger partial charge in [-0.05, 0) is 31.2 Å². The Morgan fingerprint density at radius 1 is 1.44 bits per heavy atom. The lowest BCUT2D eigenvalue weighted by atomic mass is 10.1. The third-order valence-electron chi connectivity index (χ3n) is 2.19. The molecule has 0 bridgehead atoms. The molecule has 16 heavy (non-hydrogen) atoms. The fourth-order valence-electron chi connectivity index (χ4n) is 1.33. The molecule has 0 aromatic heterocycles. The topological polar surface area (TPSA) is 93.5 Å². The van der Waals surface area contributed by atoms with Crippen molar-refractivity contribution in [3.05, 3.63) is 29.8 Å². The predicted molar refractivity (Wildman–Crippen MR) is 64.5 cm³/mol. The standard InChI is InChI=1S/C11H16N4O/c1-14-10(7-16)6-8-2-4-9(5-3-8)15-11(12)13/h2-5,7,10,14H,6H2,1H3,(H4,12,13,15). The first kappa shape index (κ1) is 12.2. The van der Waals surface area contributed by atoms with Crippen LogP contribution in [0.1, 0.15) is 5.56 Å². The van der Waals surface area contributed by atoms with Crippen LogP contribution in [-0.4, -0.2) is 25.3 Å². The van der Waals surface area contributed by atoms with Gasteiger partial charge in [0.25, 0.3) is 0 Å². The molecule has 0 heterocycles. The molecule has 1 rings (SSSR count). The second-order valence-corrected chi connectivity index (χ2v) is 3.44. The van der Waals surface area contributed by atoms with Crippen molar-refractivity contribution in [2.75, 3.05) is 7.05 Å². The van der Waals surface area contributed by atoms with Crippen molar-refractivity contribution in [3.63, 3.8) is 0 Å². The third kappa shape index (κ3) is 3.70. The number of nitrogens with zero attached hydrogens (tertiary/aromatic N) is 1. The summed E-state index contributed by atoms with van der Waals surface area (Å²) in [5, 5.41) is 2.91. The minimum atomic E-state index is -0.158. The zero-order valence-corrected chi connectivity index (χ0v) is 9.18. The molecule has 5 heteroatoms. The van der Waals surface area contributed by atoms with Crippen molar-refractivity contribution in [2.45, 2.75) is 12.5 Å². The fourth-order valence-corrected chi connectivity index (χ4v) is 1.33. The number of benzene rings is 1. The fraction of sp³-hybridized carbons (Fsp3) is 0.273. The van der Waals surface area contributed by atoms with Crippen LogP contribution in [-0.2, 0) is 11.2 Å². The summed E-state index contributed by atoms with van der Waals surface area (Å²) in [6.45, 7) is 0. The van der Waals surface area contributed by atoms with Gasteiger partial charge in [0.1, 0.15) is 6.29 Å². The summed E-state index contributed by atoms with van der Waals surface area (Å²) in [4.78, 5) is 14.5. The minimum absolute atomic E-state index is 0.0359. The van der Waals surface area contributed by atoms with E-state index in [1.165, 1.54) is 0 Å². The number of aliphatic imine (C=N–C) groups is 1. The number of hydrogen-bond donors (Lipinski definition) is 3. The van der Waals surface area contributed by atoms with Crippen LogP contribution in [0.5, 0.6) is 0 Å². The van der Waals surface area contributed by atoms with E-state index in [9.17, 15) is 4.79 Å². The van der Waals surface area contributed by atoms with E-state index in [0.717, 1.165) is 11.8 Å². The number of nitrogens with two attached hydrogens (primary N) is 2. The number of carbonyl (C=O) groups is 1. The van der Waals surface area contributed by atoms with Gasteiger partial charge in [-0.25, -0.2) is 4.99 Å². The first-order valence-electron chi connectivity index (χ1n) is 4.97. The number of likely N-dealkylation sites (N-methyl/N-ethyl adjacent to an activating group) is 1. The maximum atomic E-state index is 10.6. The lowest BCUT2D eigenvalue weighted by Gasteiger charge is -2.08. The summed E-state index contributed by atoms with van der Waals surface area (Å²) in [5.74, 6) is 0.0359. The molecular formula is C11H16N4O. The lowest BCUT2D eigenvalue weighted by Crippen LogP contribution is -2.28. The molecule has 0 aliphatic heterocycles. The van der Waals surface area contributed by atoms with Crippen LogP contribution >= 0.6 is 0 Å². The van der Waals surface area contributed by atoms with Crippen LogP contribution in [0.4, 0.5) is 5.69 Å². The summed E-state index contributed by atoms with van der Waals surface area (Å²) >= 11 is 0. The number of hydrogen-bond acceptors (Lipinski definition) is 3. The van der Waals surface area contributed by atoms with E-state index < -0.39 is 0 Å². The van der Waals surface area contributed by atoms with Crippen LogP contribution in [0, 0.1) is 0 Å². The summed E-state index contributed by atoms with van der Waals surface area (Å²) < 4.78 is 0. The van der Waals surface area contributed by atoms with E-state index in [4.69, 9.17) is 11.5 Å². The first-order chi connectivity index (χ1) is 7.65. The van der Waals surface area contributed by atoms with E-state index >= 15 is 0 Å². The number of aldehydes is 1. The minimum Gasteiger partial charge on any atom is -0.370 e. The molecule has 0 saturated carbocycles. The van der Waals surface area contributed by atoms with Gasteiger partial charge in [0.2, 0.25) is 0 Å². The Balaban J connectivity index is 2.71. The highest BCUT2D eigenvalue weighted by atomic mass is 16.1. The van der Waals surface area contributed by atoms with Gasteiger partial charge < -0.3 is 21.6 Å². The van der Waals surface area contributed by atoms with Gasteiger partial charge in [0.15, 0.2) is 5.96 Å². The number of nitrogens with one attached hydrogen (secondary N) is 1. The second kappa shape index (κ2) is 5.87. The Morgan fingerprint density at radius 2 is 2.06 bits per heavy atom. The largest absolute Gasteiger partial charge is 0.370 e. The molecule has 5 N–H and O–H groups in total. The summed E-state index contributed by atoms with van der Waals surface area (Å²) in [6.07, 6.45) is 1.55. The molecule has 86 valence electrons. The van der Waals surface area contributed by atoms with Crippen LogP contribution in [0.3, 0.4) is 0 Å². The lowest BCUT2D eigenvalue weighted by molar-refractivity contribution is -0.109. The zero-order chi connectivity index (χ0) is 12.0. The highest BCUT2D eigenvalue weighted by Gasteiger charge is 2.04. The third-order valence-corrected chi connectivity index (χ3v) is 2.19. The molecule has 0 fully saturated rings. The molecular weight excluding hydrogens is 204 g/mol. The Labute approximate surface area is 94.5 Å². The van der Waals surface area contributed by atoms with Crippen LogP contribution < -0.4 is 16.8 Å². The van der Waals surface area contributed by atoms with Crippen LogP contribution in [0.25, 0.3) is 0 Å². The molecule has 0 amide bonds. The van der Waals surface area contributed by atoms with E-state index in [1.807, 2.05) is 24.3 Å². The Morgan fingerprint density at radius 3 is 2.50 bits per heavy atom. The molecule has 0 aliphatic rings. The maximum Gasteiger partial charge on any atom is 0.191 e. The smallest absolute Gasteiger partial charge is 0.191 e. The van der Waals surface area contributed by atoms with E-state index in [1.54, 1.807) is 7.05 Å². The molecule has 0 aliphatic carbocycles. The SMILES string of the molecule is CNC(C=O)Cc1ccc(N=C(N)N)cc1. The van der Waals surface area contributed by atoms with Crippen molar-refractivity contribution in [1.29, 1.82) is 0 Å². The van der Waals surface area contributed by atoms with Gasteiger partial charge in [0.05, 0.1) is 11.7 Å². The van der Waals surface area contributed by atoms with Crippen LogP contribution in [0.15, 0.2) is 29.3 Å². The van der Waals surface area contributed by atoms with Gasteiger partial charge >= 0.3 is 0 Å². The van der Waals surface area contributed by atoms with Crippen molar-refractivity contribution in [1.82, 2.24) is 5.32 Å². The first-order valence-corrected chi connectivity index (χ1v) is 4.97. The van der Waals surface area contributed by atoms with Crippen LogP contribution in [0.2, 0.25) is 0 Å². The molecule has 1 unspecified atom stereocenters. The van der Waals surface area contributed by atoms with Crippen molar-refractivity contribution >= 4 is 17.9 Å². The van der Waals surface area contributed by atoms with E-state index in [-0.39, 0.29) is 12.0 Å². The number of guanidine groups is 1. The average molecular weight is 220 g/mol. The number of carbonyl (C=O) groups excluding carboxylic acids is 1. The number of rotatable bonds is 5. The van der Waals surface area contributed by atoms with E-state index in [0.29, 0.717) is 12.1 Å². The second-order valence-electron chi connectivity index (χ2n) is 3.44. The van der Waals surface area contributed by atoms with Gasteiger partial charge in [-0.1, -0.05) is 12.1 Å². The molecule has 0 spiro atoms. The van der Waals surface area contributed by atoms with Crippen molar-refractivity contribution in [2.24, 2.45) is 16.5 Å². The van der Waals surface area contributed by atoms with Crippen molar-refractivity contribution < 1.29 is 4.79 Å². The van der Waals surface area contributed by atoms with Gasteiger partial charge in [0, 0.05) is 0 Å². The maximum absolute atomic E-state index is 10.6. The van der Waals surface area contributed by atoms with E-state index in [2.05, 4.69) is 10.3 Å². The molecule has 1 atom stereocenters. The summed E-state index contributed by atoms with van der Waals surface area (Å²) in [6, 6.07) is 7.26. The van der Waals surface area contributed by atoms with Gasteiger partial charge in [-0.2, -0.15) is 0 Å². The highest BCUT2D eigenvalue weighted by molar-refractivity contribution is 5.78. The Bertz CT molecular complexity index is 368. The zero-order valence-electron chi connectivity index (χ0n) is 9.18. The molecule has 1 aromatic carbocycles. The highest BCUT2D eigenvalue weighted by Crippen LogP contribution is 2.13. The Hall–Kier alpha value is -1.88. The predicted octanol–water partition coefficient (Wildman–Crippen LogP) is -0.0791. The Kier molecular flexibility index (Phi) is 4.47. The monoisotopic (exact) mass is 220 g/mol. The molecule has 0 radical (unpaired) electrons. The summed E-state index contributed by atoms with van der Waals surface area (Å²) in [7, 11) is 1.76. The van der Waals surface area contributed by atoms with Gasteiger partial charge in [-0.3, -0.25) is 0 Å². The summed E-state index contributed by atoms with van der Waals surface area (Å²) in [5.41, 5.74) is 12.3. The quantitative estimate of drug-likeness (QED) is 0.367. The molecule has 0 saturated heterocycles. The molecule has 1 aromatic rings. The average Bonchev–Trinajstić information content (AvgIpc) is 2.27.